The lowest BCUT2D eigenvalue weighted by Gasteiger charge is -2.25. The number of ether oxygens (including phenoxy) is 2. The third kappa shape index (κ3) is 6.06. The standard InChI is InChI=1S/C24H28N2O6S/c1-24(15-31-2,22(28)29)26-21(27)14-33-12-11-25-23(30)32-13-20-18-9-5-3-7-16(18)17-8-4-6-10-19(17)20/h3-10,20H,11-15H2,1-2H3,(H,25,30)(H,26,27)(H,28,29). The molecule has 2 aromatic carbocycles. The molecule has 0 saturated carbocycles. The smallest absolute Gasteiger partial charge is 0.407 e. The molecule has 1 atom stereocenters. The fraction of sp³-hybridized carbons (Fsp3) is 0.375. The first-order valence-corrected chi connectivity index (χ1v) is 11.7. The van der Waals surface area contributed by atoms with Gasteiger partial charge in [0.2, 0.25) is 5.91 Å². The Morgan fingerprint density at radius 2 is 1.67 bits per heavy atom. The molecule has 0 saturated heterocycles. The number of hydrogen-bond donors (Lipinski definition) is 3. The summed E-state index contributed by atoms with van der Waals surface area (Å²) in [6, 6.07) is 16.3. The van der Waals surface area contributed by atoms with Gasteiger partial charge in [0, 0.05) is 25.3 Å². The first kappa shape index (κ1) is 24.6. The number of aliphatic carboxylic acids is 1. The molecule has 1 aliphatic rings. The SMILES string of the molecule is COCC(C)(NC(=O)CSCCNC(=O)OCC1c2ccccc2-c2ccccc21)C(=O)O. The van der Waals surface area contributed by atoms with Crippen molar-refractivity contribution in [3.63, 3.8) is 0 Å². The van der Waals surface area contributed by atoms with Gasteiger partial charge < -0.3 is 25.2 Å². The highest BCUT2D eigenvalue weighted by molar-refractivity contribution is 7.99. The van der Waals surface area contributed by atoms with Gasteiger partial charge >= 0.3 is 12.1 Å². The molecule has 2 amide bonds. The number of methoxy groups -OCH3 is 1. The van der Waals surface area contributed by atoms with Crippen LogP contribution in [0.4, 0.5) is 4.79 Å². The quantitative estimate of drug-likeness (QED) is 0.431. The van der Waals surface area contributed by atoms with E-state index < -0.39 is 23.5 Å². The van der Waals surface area contributed by atoms with Crippen LogP contribution >= 0.6 is 11.8 Å². The van der Waals surface area contributed by atoms with E-state index in [1.807, 2.05) is 24.3 Å². The molecule has 2 aromatic rings. The predicted molar refractivity (Wildman–Crippen MR) is 126 cm³/mol. The molecule has 1 unspecified atom stereocenters. The lowest BCUT2D eigenvalue weighted by molar-refractivity contribution is -0.148. The molecule has 3 N–H and O–H groups in total. The number of fused-ring (bicyclic) bond motifs is 3. The first-order chi connectivity index (χ1) is 15.9. The summed E-state index contributed by atoms with van der Waals surface area (Å²) in [5.41, 5.74) is 3.15. The summed E-state index contributed by atoms with van der Waals surface area (Å²) in [6.07, 6.45) is -0.513. The van der Waals surface area contributed by atoms with Gasteiger partial charge in [-0.3, -0.25) is 4.79 Å². The third-order valence-corrected chi connectivity index (χ3v) is 6.37. The van der Waals surface area contributed by atoms with Gasteiger partial charge in [0.25, 0.3) is 0 Å². The van der Waals surface area contributed by atoms with Crippen molar-refractivity contribution in [2.24, 2.45) is 0 Å². The lowest BCUT2D eigenvalue weighted by atomic mass is 9.98. The Labute approximate surface area is 197 Å². The molecule has 176 valence electrons. The average molecular weight is 473 g/mol. The van der Waals surface area contributed by atoms with E-state index >= 15 is 0 Å². The number of thioether (sulfide) groups is 1. The topological polar surface area (TPSA) is 114 Å². The van der Waals surface area contributed by atoms with E-state index in [1.165, 1.54) is 36.9 Å². The number of benzene rings is 2. The lowest BCUT2D eigenvalue weighted by Crippen LogP contribution is -2.55. The van der Waals surface area contributed by atoms with E-state index in [2.05, 4.69) is 34.9 Å². The normalized spacial score (nSPS) is 14.0. The van der Waals surface area contributed by atoms with Gasteiger partial charge in [0.1, 0.15) is 6.61 Å². The summed E-state index contributed by atoms with van der Waals surface area (Å²) >= 11 is 1.28. The van der Waals surface area contributed by atoms with Crippen molar-refractivity contribution in [1.29, 1.82) is 0 Å². The maximum atomic E-state index is 12.2. The minimum Gasteiger partial charge on any atom is -0.479 e. The first-order valence-electron chi connectivity index (χ1n) is 10.6. The van der Waals surface area contributed by atoms with Gasteiger partial charge in [-0.15, -0.1) is 0 Å². The van der Waals surface area contributed by atoms with Crippen LogP contribution in [0.3, 0.4) is 0 Å². The molecule has 0 aromatic heterocycles. The Bertz CT molecular complexity index is 968. The summed E-state index contributed by atoms with van der Waals surface area (Å²) < 4.78 is 10.3. The van der Waals surface area contributed by atoms with Crippen molar-refractivity contribution in [2.45, 2.75) is 18.4 Å². The molecule has 33 heavy (non-hydrogen) atoms. The van der Waals surface area contributed by atoms with Gasteiger partial charge in [-0.2, -0.15) is 11.8 Å². The fourth-order valence-corrected chi connectivity index (χ4v) is 4.47. The second-order valence-corrected chi connectivity index (χ2v) is 9.03. The Morgan fingerprint density at radius 3 is 2.24 bits per heavy atom. The zero-order valence-electron chi connectivity index (χ0n) is 18.6. The minimum atomic E-state index is -1.48. The number of carbonyl (C=O) groups is 3. The number of rotatable bonds is 11. The number of carboxylic acid groups (broad SMARTS) is 1. The van der Waals surface area contributed by atoms with Crippen LogP contribution in [0.5, 0.6) is 0 Å². The minimum absolute atomic E-state index is 0.00290. The number of carbonyl (C=O) groups excluding carboxylic acids is 2. The Kier molecular flexibility index (Phi) is 8.35. The summed E-state index contributed by atoms with van der Waals surface area (Å²) in [5, 5.41) is 14.4. The van der Waals surface area contributed by atoms with Crippen molar-refractivity contribution >= 4 is 29.7 Å². The van der Waals surface area contributed by atoms with Crippen LogP contribution in [0.25, 0.3) is 11.1 Å². The maximum absolute atomic E-state index is 12.2. The van der Waals surface area contributed by atoms with Crippen molar-refractivity contribution in [3.8, 4) is 11.1 Å². The molecular formula is C24H28N2O6S. The van der Waals surface area contributed by atoms with Gasteiger partial charge in [-0.25, -0.2) is 9.59 Å². The van der Waals surface area contributed by atoms with Crippen LogP contribution in [0.15, 0.2) is 48.5 Å². The van der Waals surface area contributed by atoms with Crippen LogP contribution in [0, 0.1) is 0 Å². The largest absolute Gasteiger partial charge is 0.479 e. The Hall–Kier alpha value is -3.04. The maximum Gasteiger partial charge on any atom is 0.407 e. The fourth-order valence-electron chi connectivity index (χ4n) is 3.82. The van der Waals surface area contributed by atoms with Crippen molar-refractivity contribution in [1.82, 2.24) is 10.6 Å². The highest BCUT2D eigenvalue weighted by Crippen LogP contribution is 2.44. The van der Waals surface area contributed by atoms with Crippen molar-refractivity contribution in [3.05, 3.63) is 59.7 Å². The molecule has 0 aliphatic heterocycles. The highest BCUT2D eigenvalue weighted by atomic mass is 32.2. The second kappa shape index (κ2) is 11.2. The van der Waals surface area contributed by atoms with E-state index in [9.17, 15) is 19.5 Å². The Balaban J connectivity index is 1.39. The van der Waals surface area contributed by atoms with E-state index in [0.29, 0.717) is 12.3 Å². The molecule has 0 spiro atoms. The zero-order chi connectivity index (χ0) is 23.8. The zero-order valence-corrected chi connectivity index (χ0v) is 19.4. The number of hydrogen-bond acceptors (Lipinski definition) is 6. The number of alkyl carbamates (subject to hydrolysis) is 1. The van der Waals surface area contributed by atoms with Crippen LogP contribution in [-0.4, -0.2) is 67.0 Å². The van der Waals surface area contributed by atoms with Gasteiger partial charge in [-0.1, -0.05) is 48.5 Å². The van der Waals surface area contributed by atoms with Gasteiger partial charge in [-0.05, 0) is 29.2 Å². The Morgan fingerprint density at radius 1 is 1.06 bits per heavy atom. The van der Waals surface area contributed by atoms with Crippen molar-refractivity contribution in [2.75, 3.05) is 38.4 Å². The molecule has 0 fully saturated rings. The summed E-state index contributed by atoms with van der Waals surface area (Å²) in [5.74, 6) is -1.04. The number of nitrogens with one attached hydrogen (secondary N) is 2. The molecule has 0 radical (unpaired) electrons. The summed E-state index contributed by atoms with van der Waals surface area (Å²) in [7, 11) is 1.37. The van der Waals surface area contributed by atoms with Gasteiger partial charge in [0.15, 0.2) is 5.54 Å². The van der Waals surface area contributed by atoms with Gasteiger partial charge in [0.05, 0.1) is 12.4 Å². The van der Waals surface area contributed by atoms with Crippen LogP contribution in [0.1, 0.15) is 24.0 Å². The summed E-state index contributed by atoms with van der Waals surface area (Å²) in [4.78, 5) is 35.5. The molecule has 9 heteroatoms. The van der Waals surface area contributed by atoms with Crippen LogP contribution in [-0.2, 0) is 19.1 Å². The van der Waals surface area contributed by atoms with E-state index in [0.717, 1.165) is 11.1 Å². The van der Waals surface area contributed by atoms with Crippen LogP contribution < -0.4 is 10.6 Å². The van der Waals surface area contributed by atoms with E-state index in [-0.39, 0.29) is 24.9 Å². The van der Waals surface area contributed by atoms with Crippen LogP contribution in [0.2, 0.25) is 0 Å². The molecule has 3 rings (SSSR count). The molecule has 8 nitrogen and oxygen atoms in total. The molecule has 1 aliphatic carbocycles. The monoisotopic (exact) mass is 472 g/mol. The average Bonchev–Trinajstić information content (AvgIpc) is 3.11. The van der Waals surface area contributed by atoms with E-state index in [4.69, 9.17) is 9.47 Å². The number of carboxylic acids is 1. The van der Waals surface area contributed by atoms with Crippen molar-refractivity contribution < 1.29 is 29.0 Å². The summed E-state index contributed by atoms with van der Waals surface area (Å²) in [6.45, 7) is 1.81. The molecule has 0 heterocycles. The third-order valence-electron chi connectivity index (χ3n) is 5.41. The predicted octanol–water partition coefficient (Wildman–Crippen LogP) is 2.86. The van der Waals surface area contributed by atoms with E-state index in [1.54, 1.807) is 0 Å². The molecular weight excluding hydrogens is 444 g/mol. The number of amides is 2. The second-order valence-electron chi connectivity index (χ2n) is 7.92. The molecule has 0 bridgehead atoms. The highest BCUT2D eigenvalue weighted by Gasteiger charge is 2.34.